The molecule has 0 aliphatic heterocycles. The third kappa shape index (κ3) is 6.82. The highest BCUT2D eigenvalue weighted by molar-refractivity contribution is 6.30. The van der Waals surface area contributed by atoms with Gasteiger partial charge in [0.15, 0.2) is 6.10 Å². The Kier molecular flexibility index (Phi) is 7.77. The number of non-ortho nitro benzene ring substituents is 1. The normalized spacial score (nSPS) is 11.7. The number of nitro groups is 1. The van der Waals surface area contributed by atoms with Crippen LogP contribution in [0.4, 0.5) is 5.69 Å². The maximum Gasteiger partial charge on any atom is 0.280 e. The first-order valence-electron chi connectivity index (χ1n) is 9.62. The van der Waals surface area contributed by atoms with Gasteiger partial charge in [0.25, 0.3) is 11.6 Å². The third-order valence-electron chi connectivity index (χ3n) is 4.32. The second kappa shape index (κ2) is 10.9. The molecule has 3 aromatic rings. The van der Waals surface area contributed by atoms with Crippen LogP contribution < -0.4 is 14.9 Å². The summed E-state index contributed by atoms with van der Waals surface area (Å²) in [5.74, 6) is 0.588. The van der Waals surface area contributed by atoms with Gasteiger partial charge in [-0.05, 0) is 66.6 Å². The largest absolute Gasteiger partial charge is 0.489 e. The highest BCUT2D eigenvalue weighted by atomic mass is 35.5. The van der Waals surface area contributed by atoms with Gasteiger partial charge in [-0.15, -0.1) is 0 Å². The summed E-state index contributed by atoms with van der Waals surface area (Å²) in [6, 6.07) is 20.1. The van der Waals surface area contributed by atoms with Gasteiger partial charge in [0.1, 0.15) is 18.1 Å². The number of hydrogen-bond donors (Lipinski definition) is 1. The lowest BCUT2D eigenvalue weighted by atomic mass is 10.2. The molecule has 1 unspecified atom stereocenters. The summed E-state index contributed by atoms with van der Waals surface area (Å²) in [5.41, 5.74) is 4.13. The number of ether oxygens (including phenoxy) is 2. The van der Waals surface area contributed by atoms with Gasteiger partial charge in [0, 0.05) is 17.2 Å². The fourth-order valence-corrected chi connectivity index (χ4v) is 2.69. The maximum atomic E-state index is 12.1. The summed E-state index contributed by atoms with van der Waals surface area (Å²) in [6.45, 7) is 1.98. The molecule has 3 aromatic carbocycles. The minimum atomic E-state index is -0.836. The Labute approximate surface area is 189 Å². The van der Waals surface area contributed by atoms with Crippen LogP contribution in [0.15, 0.2) is 77.9 Å². The monoisotopic (exact) mass is 453 g/mol. The molecular formula is C23H20ClN3O5. The van der Waals surface area contributed by atoms with E-state index in [1.54, 1.807) is 19.1 Å². The van der Waals surface area contributed by atoms with Crippen LogP contribution in [-0.4, -0.2) is 23.1 Å². The molecule has 0 saturated heterocycles. The summed E-state index contributed by atoms with van der Waals surface area (Å²) < 4.78 is 11.2. The minimum Gasteiger partial charge on any atom is -0.489 e. The van der Waals surface area contributed by atoms with Crippen LogP contribution in [-0.2, 0) is 11.4 Å². The zero-order valence-corrected chi connectivity index (χ0v) is 17.9. The third-order valence-corrected chi connectivity index (χ3v) is 4.57. The van der Waals surface area contributed by atoms with Crippen molar-refractivity contribution in [1.82, 2.24) is 5.43 Å². The lowest BCUT2D eigenvalue weighted by Crippen LogP contribution is -2.33. The fraction of sp³-hybridized carbons (Fsp3) is 0.130. The lowest BCUT2D eigenvalue weighted by Gasteiger charge is -2.12. The number of rotatable bonds is 9. The average molecular weight is 454 g/mol. The molecule has 0 fully saturated rings. The molecule has 9 heteroatoms. The van der Waals surface area contributed by atoms with E-state index in [0.29, 0.717) is 23.1 Å². The molecule has 0 aliphatic rings. The van der Waals surface area contributed by atoms with Crippen LogP contribution in [0.2, 0.25) is 5.02 Å². The van der Waals surface area contributed by atoms with Crippen molar-refractivity contribution >= 4 is 29.4 Å². The number of nitro benzene ring substituents is 1. The van der Waals surface area contributed by atoms with Gasteiger partial charge in [0.2, 0.25) is 0 Å². The van der Waals surface area contributed by atoms with E-state index in [9.17, 15) is 14.9 Å². The van der Waals surface area contributed by atoms with Gasteiger partial charge < -0.3 is 9.47 Å². The Balaban J connectivity index is 1.45. The Hall–Kier alpha value is -3.91. The smallest absolute Gasteiger partial charge is 0.280 e. The van der Waals surface area contributed by atoms with Crippen molar-refractivity contribution in [2.45, 2.75) is 19.6 Å². The topological polar surface area (TPSA) is 103 Å². The number of hydrogen-bond acceptors (Lipinski definition) is 6. The van der Waals surface area contributed by atoms with Crippen LogP contribution in [0.25, 0.3) is 0 Å². The SMILES string of the molecule is CC(Oc1ccc([N+](=O)[O-])cc1)C(=O)N/N=C/c1ccc(OCc2ccc(Cl)cc2)cc1. The molecule has 3 rings (SSSR count). The van der Waals surface area contributed by atoms with E-state index in [1.807, 2.05) is 36.4 Å². The molecule has 8 nitrogen and oxygen atoms in total. The molecule has 0 saturated carbocycles. The predicted octanol–water partition coefficient (Wildman–Crippen LogP) is 4.74. The van der Waals surface area contributed by atoms with Gasteiger partial charge in [-0.2, -0.15) is 5.10 Å². The number of carbonyl (C=O) groups excluding carboxylic acids is 1. The molecule has 1 amide bonds. The van der Waals surface area contributed by atoms with Gasteiger partial charge in [-0.25, -0.2) is 5.43 Å². The van der Waals surface area contributed by atoms with Crippen molar-refractivity contribution in [2.24, 2.45) is 5.10 Å². The van der Waals surface area contributed by atoms with E-state index < -0.39 is 16.9 Å². The van der Waals surface area contributed by atoms with Gasteiger partial charge in [0.05, 0.1) is 11.1 Å². The van der Waals surface area contributed by atoms with Crippen molar-refractivity contribution in [3.63, 3.8) is 0 Å². The second-order valence-corrected chi connectivity index (χ2v) is 7.17. The molecule has 32 heavy (non-hydrogen) atoms. The van der Waals surface area contributed by atoms with Gasteiger partial charge in [-0.3, -0.25) is 14.9 Å². The highest BCUT2D eigenvalue weighted by Crippen LogP contribution is 2.18. The van der Waals surface area contributed by atoms with E-state index >= 15 is 0 Å². The van der Waals surface area contributed by atoms with Gasteiger partial charge in [-0.1, -0.05) is 23.7 Å². The number of benzene rings is 3. The lowest BCUT2D eigenvalue weighted by molar-refractivity contribution is -0.384. The van der Waals surface area contributed by atoms with Crippen LogP contribution >= 0.6 is 11.6 Å². The molecule has 0 aromatic heterocycles. The van der Waals surface area contributed by atoms with Crippen LogP contribution in [0.5, 0.6) is 11.5 Å². The molecule has 0 heterocycles. The number of carbonyl (C=O) groups is 1. The summed E-state index contributed by atoms with van der Waals surface area (Å²) in [6.07, 6.45) is 0.664. The Morgan fingerprint density at radius 2 is 1.69 bits per heavy atom. The van der Waals surface area contributed by atoms with Crippen molar-refractivity contribution in [3.05, 3.63) is 99.1 Å². The maximum absolute atomic E-state index is 12.1. The van der Waals surface area contributed by atoms with Crippen LogP contribution in [0.1, 0.15) is 18.1 Å². The minimum absolute atomic E-state index is 0.0551. The zero-order chi connectivity index (χ0) is 22.9. The molecule has 0 radical (unpaired) electrons. The summed E-state index contributed by atoms with van der Waals surface area (Å²) in [4.78, 5) is 22.3. The van der Waals surface area contributed by atoms with Crippen molar-refractivity contribution in [1.29, 1.82) is 0 Å². The van der Waals surface area contributed by atoms with Crippen LogP contribution in [0, 0.1) is 10.1 Å². The van der Waals surface area contributed by atoms with Crippen molar-refractivity contribution in [3.8, 4) is 11.5 Å². The first-order chi connectivity index (χ1) is 15.4. The summed E-state index contributed by atoms with van der Waals surface area (Å²) in [7, 11) is 0. The molecule has 0 spiro atoms. The number of amides is 1. The van der Waals surface area contributed by atoms with Gasteiger partial charge >= 0.3 is 0 Å². The summed E-state index contributed by atoms with van der Waals surface area (Å²) >= 11 is 5.87. The van der Waals surface area contributed by atoms with E-state index in [-0.39, 0.29) is 5.69 Å². The van der Waals surface area contributed by atoms with Crippen molar-refractivity contribution < 1.29 is 19.2 Å². The number of nitrogens with one attached hydrogen (secondary N) is 1. The highest BCUT2D eigenvalue weighted by Gasteiger charge is 2.14. The molecule has 0 bridgehead atoms. The molecule has 1 N–H and O–H groups in total. The number of nitrogens with zero attached hydrogens (tertiary/aromatic N) is 2. The molecule has 0 aliphatic carbocycles. The number of halogens is 1. The first kappa shape index (κ1) is 22.8. The number of hydrazone groups is 1. The molecule has 164 valence electrons. The Morgan fingerprint density at radius 1 is 1.06 bits per heavy atom. The van der Waals surface area contributed by atoms with E-state index in [2.05, 4.69) is 10.5 Å². The molecule has 1 atom stereocenters. The van der Waals surface area contributed by atoms with E-state index in [4.69, 9.17) is 21.1 Å². The Morgan fingerprint density at radius 3 is 2.31 bits per heavy atom. The zero-order valence-electron chi connectivity index (χ0n) is 17.1. The quantitative estimate of drug-likeness (QED) is 0.286. The second-order valence-electron chi connectivity index (χ2n) is 6.73. The average Bonchev–Trinajstić information content (AvgIpc) is 2.80. The molecular weight excluding hydrogens is 434 g/mol. The van der Waals surface area contributed by atoms with Crippen LogP contribution in [0.3, 0.4) is 0 Å². The Bertz CT molecular complexity index is 1080. The first-order valence-corrected chi connectivity index (χ1v) is 10.00. The standard InChI is InChI=1S/C23H20ClN3O5/c1-16(32-22-12-8-20(9-13-22)27(29)30)23(28)26-25-14-17-4-10-21(11-5-17)31-15-18-2-6-19(24)7-3-18/h2-14,16H,15H2,1H3,(H,26,28)/b25-14+. The fourth-order valence-electron chi connectivity index (χ4n) is 2.56. The predicted molar refractivity (Wildman–Crippen MR) is 121 cm³/mol. The summed E-state index contributed by atoms with van der Waals surface area (Å²) in [5, 5.41) is 15.3. The van der Waals surface area contributed by atoms with Crippen molar-refractivity contribution in [2.75, 3.05) is 0 Å². The van der Waals surface area contributed by atoms with E-state index in [0.717, 1.165) is 11.1 Å². The van der Waals surface area contributed by atoms with E-state index in [1.165, 1.54) is 30.5 Å².